The van der Waals surface area contributed by atoms with Crippen molar-refractivity contribution in [3.05, 3.63) is 66.2 Å². The summed E-state index contributed by atoms with van der Waals surface area (Å²) in [5, 5.41) is 8.31. The van der Waals surface area contributed by atoms with Gasteiger partial charge in [-0.25, -0.2) is 4.98 Å². The first-order valence-electron chi connectivity index (χ1n) is 12.6. The Kier molecular flexibility index (Phi) is 5.82. The van der Waals surface area contributed by atoms with Crippen LogP contribution in [0.4, 0.5) is 4.39 Å². The van der Waals surface area contributed by atoms with E-state index in [1.807, 2.05) is 30.3 Å². The van der Waals surface area contributed by atoms with Crippen LogP contribution in [0.3, 0.4) is 0 Å². The molecule has 0 aromatic carbocycles. The lowest BCUT2D eigenvalue weighted by atomic mass is 10.1. The number of thiophene rings is 1. The summed E-state index contributed by atoms with van der Waals surface area (Å²) >= 11 is 1.08. The third kappa shape index (κ3) is 4.31. The molecule has 0 bridgehead atoms. The number of aromatic nitrogens is 6. The Balaban J connectivity index is 1.20. The first-order chi connectivity index (χ1) is 18.7. The van der Waals surface area contributed by atoms with Gasteiger partial charge >= 0.3 is 0 Å². The van der Waals surface area contributed by atoms with Crippen LogP contribution in [-0.2, 0) is 0 Å². The van der Waals surface area contributed by atoms with Crippen LogP contribution in [0.1, 0.15) is 12.8 Å². The lowest BCUT2D eigenvalue weighted by Gasteiger charge is -2.15. The highest BCUT2D eigenvalue weighted by atomic mass is 32.1. The molecule has 1 aliphatic rings. The summed E-state index contributed by atoms with van der Waals surface area (Å²) in [6, 6.07) is 13.0. The molecule has 0 spiro atoms. The molecule has 1 saturated heterocycles. The number of rotatable bonds is 7. The normalized spacial score (nSPS) is 14.1. The Morgan fingerprint density at radius 3 is 2.79 bits per heavy atom. The topological polar surface area (TPSA) is 95.6 Å². The number of aromatic amines is 2. The maximum absolute atomic E-state index is 13.7. The van der Waals surface area contributed by atoms with Gasteiger partial charge < -0.3 is 9.72 Å². The predicted molar refractivity (Wildman–Crippen MR) is 147 cm³/mol. The van der Waals surface area contributed by atoms with Gasteiger partial charge in [0.1, 0.15) is 23.6 Å². The molecule has 10 heteroatoms. The molecule has 0 amide bonds. The summed E-state index contributed by atoms with van der Waals surface area (Å²) in [5.41, 5.74) is 6.37. The van der Waals surface area contributed by atoms with Crippen molar-refractivity contribution < 1.29 is 9.13 Å². The van der Waals surface area contributed by atoms with Crippen molar-refractivity contribution in [2.75, 3.05) is 26.2 Å². The molecular formula is C28H24FN7OS. The molecule has 0 saturated carbocycles. The van der Waals surface area contributed by atoms with Gasteiger partial charge in [-0.05, 0) is 68.4 Å². The van der Waals surface area contributed by atoms with Crippen LogP contribution in [0.2, 0.25) is 0 Å². The van der Waals surface area contributed by atoms with Crippen LogP contribution in [0.15, 0.2) is 61.1 Å². The van der Waals surface area contributed by atoms with E-state index >= 15 is 0 Å². The van der Waals surface area contributed by atoms with Crippen LogP contribution >= 0.6 is 11.3 Å². The van der Waals surface area contributed by atoms with E-state index in [1.165, 1.54) is 18.9 Å². The standard InChI is InChI=1S/C28H24FN7OS/c29-25-6-5-24(38-25)26-19-14-23(32-21(19)7-8-31-26)28-27-22(34-35-28)4-3-20(33-27)17-13-18(16-30-15-17)37-12-11-36-9-1-2-10-36/h3-8,13-16,32H,1-2,9-12H2,(H,34,35). The molecule has 190 valence electrons. The van der Waals surface area contributed by atoms with Crippen molar-refractivity contribution in [1.29, 1.82) is 0 Å². The van der Waals surface area contributed by atoms with Crippen LogP contribution in [-0.4, -0.2) is 61.3 Å². The number of ether oxygens (including phenoxy) is 1. The summed E-state index contributed by atoms with van der Waals surface area (Å²) < 4.78 is 19.7. The number of H-pyrrole nitrogens is 2. The van der Waals surface area contributed by atoms with E-state index in [1.54, 1.807) is 24.7 Å². The van der Waals surface area contributed by atoms with E-state index in [0.29, 0.717) is 12.3 Å². The minimum Gasteiger partial charge on any atom is -0.491 e. The number of hydrogen-bond acceptors (Lipinski definition) is 7. The average Bonchev–Trinajstić information content (AvgIpc) is 3.74. The second-order valence-corrected chi connectivity index (χ2v) is 10.4. The number of halogens is 1. The SMILES string of the molecule is Fc1ccc(-c2nccc3[nH]c(-c4n[nH]c5ccc(-c6cncc(OCCN7CCCC7)c6)nc45)cc23)s1. The fourth-order valence-corrected chi connectivity index (χ4v) is 5.75. The Morgan fingerprint density at radius 2 is 1.92 bits per heavy atom. The molecule has 7 rings (SSSR count). The van der Waals surface area contributed by atoms with Gasteiger partial charge in [0.15, 0.2) is 5.13 Å². The van der Waals surface area contributed by atoms with Gasteiger partial charge in [0.2, 0.25) is 0 Å². The highest BCUT2D eigenvalue weighted by Gasteiger charge is 2.17. The quantitative estimate of drug-likeness (QED) is 0.269. The van der Waals surface area contributed by atoms with Crippen LogP contribution < -0.4 is 4.74 Å². The fourth-order valence-electron chi connectivity index (χ4n) is 5.00. The number of fused-ring (bicyclic) bond motifs is 2. The summed E-state index contributed by atoms with van der Waals surface area (Å²) in [7, 11) is 0. The van der Waals surface area contributed by atoms with Crippen molar-refractivity contribution in [2.45, 2.75) is 12.8 Å². The minimum absolute atomic E-state index is 0.236. The third-order valence-electron chi connectivity index (χ3n) is 6.90. The Hall–Kier alpha value is -4.15. The molecular weight excluding hydrogens is 501 g/mol. The Bertz CT molecular complexity index is 1750. The van der Waals surface area contributed by atoms with Gasteiger partial charge in [0.25, 0.3) is 0 Å². The van der Waals surface area contributed by atoms with Gasteiger partial charge in [0, 0.05) is 35.4 Å². The summed E-state index contributed by atoms with van der Waals surface area (Å²) in [6.07, 6.45) is 7.80. The van der Waals surface area contributed by atoms with Gasteiger partial charge in [-0.2, -0.15) is 9.49 Å². The lowest BCUT2D eigenvalue weighted by Crippen LogP contribution is -2.25. The summed E-state index contributed by atoms with van der Waals surface area (Å²) in [6.45, 7) is 3.87. The zero-order valence-corrected chi connectivity index (χ0v) is 21.3. The van der Waals surface area contributed by atoms with E-state index in [-0.39, 0.29) is 5.13 Å². The van der Waals surface area contributed by atoms with E-state index in [0.717, 1.165) is 86.2 Å². The molecule has 1 aliphatic heterocycles. The Labute approximate surface area is 221 Å². The monoisotopic (exact) mass is 525 g/mol. The smallest absolute Gasteiger partial charge is 0.177 e. The van der Waals surface area contributed by atoms with Crippen molar-refractivity contribution in [1.82, 2.24) is 35.0 Å². The highest BCUT2D eigenvalue weighted by molar-refractivity contribution is 7.13. The Morgan fingerprint density at radius 1 is 1.00 bits per heavy atom. The molecule has 6 aromatic heterocycles. The third-order valence-corrected chi connectivity index (χ3v) is 7.78. The number of likely N-dealkylation sites (tertiary alicyclic amines) is 1. The van der Waals surface area contributed by atoms with Crippen molar-refractivity contribution in [3.8, 4) is 39.0 Å². The van der Waals surface area contributed by atoms with Crippen molar-refractivity contribution in [2.24, 2.45) is 0 Å². The van der Waals surface area contributed by atoms with Crippen LogP contribution in [0.5, 0.6) is 5.75 Å². The second-order valence-electron chi connectivity index (χ2n) is 9.38. The maximum Gasteiger partial charge on any atom is 0.177 e. The molecule has 0 atom stereocenters. The van der Waals surface area contributed by atoms with Gasteiger partial charge in [-0.1, -0.05) is 0 Å². The number of nitrogens with zero attached hydrogens (tertiary/aromatic N) is 5. The van der Waals surface area contributed by atoms with Gasteiger partial charge in [-0.3, -0.25) is 20.0 Å². The van der Waals surface area contributed by atoms with Gasteiger partial charge in [-0.15, -0.1) is 11.3 Å². The molecule has 0 aliphatic carbocycles. The second kappa shape index (κ2) is 9.62. The molecule has 0 unspecified atom stereocenters. The summed E-state index contributed by atoms with van der Waals surface area (Å²) in [5.74, 6) is 0.733. The van der Waals surface area contributed by atoms with Gasteiger partial charge in [0.05, 0.1) is 33.7 Å². The predicted octanol–water partition coefficient (Wildman–Crippen LogP) is 5.91. The lowest BCUT2D eigenvalue weighted by molar-refractivity contribution is 0.237. The zero-order valence-electron chi connectivity index (χ0n) is 20.4. The fraction of sp³-hybridized carbons (Fsp3) is 0.214. The molecule has 8 nitrogen and oxygen atoms in total. The first kappa shape index (κ1) is 23.0. The van der Waals surface area contributed by atoms with Crippen molar-refractivity contribution in [3.63, 3.8) is 0 Å². The first-order valence-corrected chi connectivity index (χ1v) is 13.4. The highest BCUT2D eigenvalue weighted by Crippen LogP contribution is 2.35. The van der Waals surface area contributed by atoms with E-state index in [4.69, 9.17) is 9.72 Å². The van der Waals surface area contributed by atoms with E-state index in [2.05, 4.69) is 30.0 Å². The number of hydrogen-bond donors (Lipinski definition) is 2. The molecule has 0 radical (unpaired) electrons. The number of pyridine rings is 3. The van der Waals surface area contributed by atoms with Crippen LogP contribution in [0, 0.1) is 5.13 Å². The molecule has 6 aromatic rings. The van der Waals surface area contributed by atoms with E-state index < -0.39 is 0 Å². The largest absolute Gasteiger partial charge is 0.491 e. The molecule has 2 N–H and O–H groups in total. The number of nitrogens with one attached hydrogen (secondary N) is 2. The van der Waals surface area contributed by atoms with Crippen molar-refractivity contribution >= 4 is 33.3 Å². The molecule has 1 fully saturated rings. The maximum atomic E-state index is 13.7. The zero-order chi connectivity index (χ0) is 25.5. The average molecular weight is 526 g/mol. The van der Waals surface area contributed by atoms with Crippen LogP contribution in [0.25, 0.3) is 55.2 Å². The summed E-state index contributed by atoms with van der Waals surface area (Å²) in [4.78, 5) is 20.5. The molecule has 38 heavy (non-hydrogen) atoms. The molecule has 7 heterocycles. The minimum atomic E-state index is -0.236. The van der Waals surface area contributed by atoms with E-state index in [9.17, 15) is 4.39 Å².